The summed E-state index contributed by atoms with van der Waals surface area (Å²) in [5.74, 6) is 0.517. The lowest BCUT2D eigenvalue weighted by Gasteiger charge is -1.93. The van der Waals surface area contributed by atoms with Gasteiger partial charge in [0.25, 0.3) is 0 Å². The Kier molecular flexibility index (Phi) is 1.70. The van der Waals surface area contributed by atoms with Crippen molar-refractivity contribution in [1.82, 2.24) is 15.0 Å². The van der Waals surface area contributed by atoms with E-state index in [1.807, 2.05) is 12.1 Å². The maximum Gasteiger partial charge on any atom is 0.138 e. The van der Waals surface area contributed by atoms with Crippen molar-refractivity contribution in [2.45, 2.75) is 0 Å². The van der Waals surface area contributed by atoms with Crippen molar-refractivity contribution >= 4 is 43.7 Å². The number of H-pyrrole nitrogens is 1. The molecule has 3 aromatic heterocycles. The summed E-state index contributed by atoms with van der Waals surface area (Å²) >= 11 is 3.40. The molecule has 0 aliphatic rings. The second-order valence-electron chi connectivity index (χ2n) is 3.33. The number of fused-ring (bicyclic) bond motifs is 3. The number of hydrogen-bond acceptors (Lipinski definition) is 3. The highest BCUT2D eigenvalue weighted by Crippen LogP contribution is 2.26. The molecule has 74 valence electrons. The van der Waals surface area contributed by atoms with E-state index in [1.165, 1.54) is 0 Å². The van der Waals surface area contributed by atoms with Gasteiger partial charge >= 0.3 is 0 Å². The molecule has 0 saturated carbocycles. The lowest BCUT2D eigenvalue weighted by molar-refractivity contribution is 1.31. The third-order valence-electron chi connectivity index (χ3n) is 2.32. The molecule has 3 N–H and O–H groups in total. The lowest BCUT2D eigenvalue weighted by atomic mass is 10.2. The molecule has 0 saturated heterocycles. The summed E-state index contributed by atoms with van der Waals surface area (Å²) in [5, 5.41) is 2.10. The normalized spacial score (nSPS) is 11.3. The molecule has 0 fully saturated rings. The van der Waals surface area contributed by atoms with Crippen LogP contribution in [-0.4, -0.2) is 15.0 Å². The van der Waals surface area contributed by atoms with Crippen molar-refractivity contribution in [1.29, 1.82) is 0 Å². The van der Waals surface area contributed by atoms with Crippen LogP contribution < -0.4 is 5.73 Å². The van der Waals surface area contributed by atoms with Gasteiger partial charge in [-0.2, -0.15) is 0 Å². The quantitative estimate of drug-likeness (QED) is 0.654. The maximum absolute atomic E-state index is 5.66. The Hall–Kier alpha value is -1.62. The molecule has 0 spiro atoms. The molecule has 0 atom stereocenters. The fourth-order valence-corrected chi connectivity index (χ4v) is 2.00. The molecule has 3 rings (SSSR count). The van der Waals surface area contributed by atoms with E-state index in [-0.39, 0.29) is 0 Å². The largest absolute Gasteiger partial charge is 0.384 e. The number of hydrogen-bond donors (Lipinski definition) is 2. The van der Waals surface area contributed by atoms with Gasteiger partial charge in [0, 0.05) is 21.4 Å². The lowest BCUT2D eigenvalue weighted by Crippen LogP contribution is -1.87. The number of halogens is 1. The summed E-state index contributed by atoms with van der Waals surface area (Å²) in [7, 11) is 0. The molecule has 0 amide bonds. The fourth-order valence-electron chi connectivity index (χ4n) is 1.67. The third kappa shape index (κ3) is 1.27. The van der Waals surface area contributed by atoms with Gasteiger partial charge in [-0.3, -0.25) is 0 Å². The zero-order chi connectivity index (χ0) is 10.4. The highest BCUT2D eigenvalue weighted by molar-refractivity contribution is 9.10. The van der Waals surface area contributed by atoms with E-state index in [1.54, 1.807) is 12.4 Å². The molecule has 3 heterocycles. The van der Waals surface area contributed by atoms with Crippen LogP contribution in [-0.2, 0) is 0 Å². The molecule has 0 aliphatic carbocycles. The molecule has 5 heteroatoms. The van der Waals surface area contributed by atoms with Crippen LogP contribution in [0.15, 0.2) is 29.0 Å². The minimum absolute atomic E-state index is 0.517. The van der Waals surface area contributed by atoms with Crippen molar-refractivity contribution in [2.75, 3.05) is 5.73 Å². The number of nitrogens with zero attached hydrogens (tertiary/aromatic N) is 2. The van der Waals surface area contributed by atoms with Gasteiger partial charge in [-0.15, -0.1) is 0 Å². The van der Waals surface area contributed by atoms with Gasteiger partial charge in [-0.25, -0.2) is 9.97 Å². The van der Waals surface area contributed by atoms with E-state index in [2.05, 4.69) is 30.9 Å². The standard InChI is InChI=1S/C10H7BrN4/c11-5-1-7-6-2-9(12)13-4-8(6)15-10(7)14-3-5/h1-4H,(H2,12,13)(H,14,15). The van der Waals surface area contributed by atoms with Crippen LogP contribution in [0.1, 0.15) is 0 Å². The van der Waals surface area contributed by atoms with E-state index < -0.39 is 0 Å². The summed E-state index contributed by atoms with van der Waals surface area (Å²) in [5.41, 5.74) is 7.45. The highest BCUT2D eigenvalue weighted by atomic mass is 79.9. The molecule has 3 aromatic rings. The molecule has 4 nitrogen and oxygen atoms in total. The predicted octanol–water partition coefficient (Wildman–Crippen LogP) is 2.46. The Morgan fingerprint density at radius 3 is 2.87 bits per heavy atom. The number of anilines is 1. The molecule has 0 aromatic carbocycles. The first kappa shape index (κ1) is 8.67. The topological polar surface area (TPSA) is 67.6 Å². The average molecular weight is 263 g/mol. The number of aromatic amines is 1. The Balaban J connectivity index is 2.55. The average Bonchev–Trinajstić information content (AvgIpc) is 2.56. The summed E-state index contributed by atoms with van der Waals surface area (Å²) in [6, 6.07) is 3.86. The van der Waals surface area contributed by atoms with E-state index in [0.29, 0.717) is 5.82 Å². The molecule has 0 bridgehead atoms. The summed E-state index contributed by atoms with van der Waals surface area (Å²) in [6.07, 6.45) is 3.48. The molecular weight excluding hydrogens is 256 g/mol. The van der Waals surface area contributed by atoms with Crippen molar-refractivity contribution in [3.63, 3.8) is 0 Å². The number of nitrogen functional groups attached to an aromatic ring is 1. The molecular formula is C10H7BrN4. The predicted molar refractivity (Wildman–Crippen MR) is 63.5 cm³/mol. The van der Waals surface area contributed by atoms with E-state index in [0.717, 1.165) is 26.4 Å². The summed E-state index contributed by atoms with van der Waals surface area (Å²) in [4.78, 5) is 11.5. The number of aromatic nitrogens is 3. The van der Waals surface area contributed by atoms with Crippen molar-refractivity contribution in [2.24, 2.45) is 0 Å². The first-order valence-electron chi connectivity index (χ1n) is 4.42. The van der Waals surface area contributed by atoms with Crippen LogP contribution >= 0.6 is 15.9 Å². The molecule has 15 heavy (non-hydrogen) atoms. The third-order valence-corrected chi connectivity index (χ3v) is 2.76. The SMILES string of the molecule is Nc1cc2c(cn1)[nH]c1ncc(Br)cc12. The molecule has 0 radical (unpaired) electrons. The van der Waals surface area contributed by atoms with Gasteiger partial charge in [0.05, 0.1) is 11.7 Å². The Morgan fingerprint density at radius 2 is 2.00 bits per heavy atom. The number of nitrogens with one attached hydrogen (secondary N) is 1. The fraction of sp³-hybridized carbons (Fsp3) is 0. The monoisotopic (exact) mass is 262 g/mol. The summed E-state index contributed by atoms with van der Waals surface area (Å²) in [6.45, 7) is 0. The van der Waals surface area contributed by atoms with Gasteiger partial charge in [0.1, 0.15) is 11.5 Å². The van der Waals surface area contributed by atoms with Crippen molar-refractivity contribution in [3.05, 3.63) is 29.0 Å². The first-order valence-corrected chi connectivity index (χ1v) is 5.22. The molecule has 0 aliphatic heterocycles. The molecule has 0 unspecified atom stereocenters. The Morgan fingerprint density at radius 1 is 1.13 bits per heavy atom. The zero-order valence-corrected chi connectivity index (χ0v) is 9.25. The summed E-state index contributed by atoms with van der Waals surface area (Å²) < 4.78 is 0.950. The second-order valence-corrected chi connectivity index (χ2v) is 4.25. The minimum atomic E-state index is 0.517. The second kappa shape index (κ2) is 2.93. The van der Waals surface area contributed by atoms with Crippen LogP contribution in [0.25, 0.3) is 21.9 Å². The highest BCUT2D eigenvalue weighted by Gasteiger charge is 2.06. The van der Waals surface area contributed by atoms with Crippen LogP contribution in [0.2, 0.25) is 0 Å². The smallest absolute Gasteiger partial charge is 0.138 e. The van der Waals surface area contributed by atoms with Crippen LogP contribution in [0.5, 0.6) is 0 Å². The van der Waals surface area contributed by atoms with Crippen molar-refractivity contribution in [3.8, 4) is 0 Å². The van der Waals surface area contributed by atoms with Gasteiger partial charge in [0.15, 0.2) is 0 Å². The number of nitrogens with two attached hydrogens (primary N) is 1. The van der Waals surface area contributed by atoms with Gasteiger partial charge in [-0.1, -0.05) is 0 Å². The maximum atomic E-state index is 5.66. The Labute approximate surface area is 93.7 Å². The zero-order valence-electron chi connectivity index (χ0n) is 7.66. The van der Waals surface area contributed by atoms with Crippen LogP contribution in [0, 0.1) is 0 Å². The van der Waals surface area contributed by atoms with Gasteiger partial charge in [-0.05, 0) is 28.1 Å². The number of pyridine rings is 2. The van der Waals surface area contributed by atoms with Crippen LogP contribution in [0.3, 0.4) is 0 Å². The van der Waals surface area contributed by atoms with E-state index >= 15 is 0 Å². The van der Waals surface area contributed by atoms with E-state index in [9.17, 15) is 0 Å². The number of rotatable bonds is 0. The van der Waals surface area contributed by atoms with Crippen LogP contribution in [0.4, 0.5) is 5.82 Å². The first-order chi connectivity index (χ1) is 7.24. The van der Waals surface area contributed by atoms with Gasteiger partial charge < -0.3 is 10.7 Å². The van der Waals surface area contributed by atoms with Crippen molar-refractivity contribution < 1.29 is 0 Å². The minimum Gasteiger partial charge on any atom is -0.384 e. The van der Waals surface area contributed by atoms with E-state index in [4.69, 9.17) is 5.73 Å². The Bertz CT molecular complexity index is 603. The van der Waals surface area contributed by atoms with Gasteiger partial charge in [0.2, 0.25) is 0 Å².